The van der Waals surface area contributed by atoms with Crippen LogP contribution in [0, 0.1) is 5.92 Å². The zero-order valence-electron chi connectivity index (χ0n) is 11.3. The molecule has 0 saturated carbocycles. The molecule has 0 spiro atoms. The van der Waals surface area contributed by atoms with Crippen LogP contribution in [0.2, 0.25) is 0 Å². The van der Waals surface area contributed by atoms with Gasteiger partial charge in [0.1, 0.15) is 6.61 Å². The van der Waals surface area contributed by atoms with Gasteiger partial charge >= 0.3 is 0 Å². The van der Waals surface area contributed by atoms with Gasteiger partial charge < -0.3 is 20.3 Å². The Hall–Kier alpha value is -1.14. The predicted octanol–water partition coefficient (Wildman–Crippen LogP) is -0.898. The molecule has 6 heteroatoms. The zero-order chi connectivity index (χ0) is 13.5. The Labute approximate surface area is 112 Å². The number of fused-ring (bicyclic) bond motifs is 1. The van der Waals surface area contributed by atoms with Crippen molar-refractivity contribution in [2.75, 3.05) is 32.8 Å². The molecule has 0 radical (unpaired) electrons. The first-order chi connectivity index (χ1) is 9.09. The number of rotatable bonds is 3. The molecular formula is C13H21N3O3. The van der Waals surface area contributed by atoms with Crippen molar-refractivity contribution in [3.63, 3.8) is 0 Å². The van der Waals surface area contributed by atoms with E-state index in [0.717, 1.165) is 32.5 Å². The van der Waals surface area contributed by atoms with Gasteiger partial charge in [-0.1, -0.05) is 0 Å². The summed E-state index contributed by atoms with van der Waals surface area (Å²) < 4.78 is 5.70. The third-order valence-corrected chi connectivity index (χ3v) is 4.46. The highest BCUT2D eigenvalue weighted by molar-refractivity contribution is 5.85. The number of nitrogens with one attached hydrogen (secondary N) is 2. The van der Waals surface area contributed by atoms with E-state index in [1.807, 2.05) is 11.8 Å². The molecule has 2 amide bonds. The largest absolute Gasteiger partial charge is 0.363 e. The summed E-state index contributed by atoms with van der Waals surface area (Å²) in [4.78, 5) is 25.8. The van der Waals surface area contributed by atoms with Crippen LogP contribution in [-0.4, -0.2) is 61.1 Å². The molecule has 0 aromatic carbocycles. The molecule has 3 rings (SSSR count). The number of piperidine rings is 1. The maximum Gasteiger partial charge on any atom is 0.248 e. The van der Waals surface area contributed by atoms with Crippen LogP contribution in [0.1, 0.15) is 19.8 Å². The lowest BCUT2D eigenvalue weighted by molar-refractivity contribution is -0.150. The van der Waals surface area contributed by atoms with Crippen molar-refractivity contribution in [2.45, 2.75) is 31.4 Å². The van der Waals surface area contributed by atoms with Gasteiger partial charge in [0, 0.05) is 26.2 Å². The number of carbonyl (C=O) groups excluding carboxylic acids is 2. The molecule has 3 heterocycles. The minimum Gasteiger partial charge on any atom is -0.363 e. The third kappa shape index (κ3) is 2.34. The fourth-order valence-electron chi connectivity index (χ4n) is 3.16. The monoisotopic (exact) mass is 267 g/mol. The van der Waals surface area contributed by atoms with Gasteiger partial charge in [0.05, 0.1) is 17.6 Å². The second kappa shape index (κ2) is 4.76. The highest BCUT2D eigenvalue weighted by atomic mass is 16.5. The van der Waals surface area contributed by atoms with Crippen LogP contribution in [-0.2, 0) is 14.3 Å². The summed E-state index contributed by atoms with van der Waals surface area (Å²) in [6, 6.07) is 0.0321. The van der Waals surface area contributed by atoms with Crippen molar-refractivity contribution in [3.05, 3.63) is 0 Å². The Morgan fingerprint density at radius 3 is 3.00 bits per heavy atom. The lowest BCUT2D eigenvalue weighted by Crippen LogP contribution is -2.60. The van der Waals surface area contributed by atoms with Crippen LogP contribution in [0.5, 0.6) is 0 Å². The molecule has 0 aromatic heterocycles. The number of carbonyl (C=O) groups is 2. The van der Waals surface area contributed by atoms with E-state index in [0.29, 0.717) is 6.54 Å². The van der Waals surface area contributed by atoms with Crippen LogP contribution in [0.4, 0.5) is 0 Å². The van der Waals surface area contributed by atoms with E-state index in [-0.39, 0.29) is 36.0 Å². The Kier molecular flexibility index (Phi) is 3.22. The van der Waals surface area contributed by atoms with Crippen molar-refractivity contribution in [1.29, 1.82) is 0 Å². The topological polar surface area (TPSA) is 70.7 Å². The summed E-state index contributed by atoms with van der Waals surface area (Å²) in [6.07, 6.45) is 1.79. The highest BCUT2D eigenvalue weighted by Crippen LogP contribution is 2.27. The summed E-state index contributed by atoms with van der Waals surface area (Å²) in [5.41, 5.74) is -0.200. The maximum absolute atomic E-state index is 12.3. The minimum atomic E-state index is -0.200. The lowest BCUT2D eigenvalue weighted by Gasteiger charge is -2.40. The van der Waals surface area contributed by atoms with Crippen molar-refractivity contribution >= 4 is 11.8 Å². The van der Waals surface area contributed by atoms with Gasteiger partial charge in [0.25, 0.3) is 0 Å². The average molecular weight is 267 g/mol. The molecule has 3 saturated heterocycles. The Balaban J connectivity index is 1.58. The van der Waals surface area contributed by atoms with Gasteiger partial charge in [-0.25, -0.2) is 0 Å². The molecule has 2 unspecified atom stereocenters. The molecule has 106 valence electrons. The van der Waals surface area contributed by atoms with Crippen molar-refractivity contribution in [2.24, 2.45) is 5.92 Å². The zero-order valence-corrected chi connectivity index (χ0v) is 11.3. The number of nitrogens with zero attached hydrogens (tertiary/aromatic N) is 1. The SMILES string of the molecule is CC1(OCC(=O)N2CCCC3C(=O)NCC32)CNC1. The quantitative estimate of drug-likeness (QED) is 0.695. The third-order valence-electron chi connectivity index (χ3n) is 4.46. The second-order valence-electron chi connectivity index (χ2n) is 5.99. The Morgan fingerprint density at radius 2 is 2.32 bits per heavy atom. The van der Waals surface area contributed by atoms with Crippen LogP contribution in [0.15, 0.2) is 0 Å². The molecule has 3 fully saturated rings. The van der Waals surface area contributed by atoms with E-state index in [4.69, 9.17) is 4.74 Å². The fourth-order valence-corrected chi connectivity index (χ4v) is 3.16. The number of ether oxygens (including phenoxy) is 1. The van der Waals surface area contributed by atoms with Crippen molar-refractivity contribution < 1.29 is 14.3 Å². The molecule has 0 aliphatic carbocycles. The molecule has 0 bridgehead atoms. The van der Waals surface area contributed by atoms with E-state index in [1.54, 1.807) is 0 Å². The van der Waals surface area contributed by atoms with Gasteiger partial charge in [0.2, 0.25) is 11.8 Å². The predicted molar refractivity (Wildman–Crippen MR) is 68.5 cm³/mol. The standard InChI is InChI=1S/C13H21N3O3/c1-13(7-14-8-13)19-6-11(17)16-4-2-3-9-10(16)5-15-12(9)18/h9-10,14H,2-8H2,1H3,(H,15,18). The van der Waals surface area contributed by atoms with Crippen LogP contribution in [0.3, 0.4) is 0 Å². The van der Waals surface area contributed by atoms with E-state index in [2.05, 4.69) is 10.6 Å². The van der Waals surface area contributed by atoms with Crippen LogP contribution >= 0.6 is 0 Å². The normalized spacial score (nSPS) is 32.5. The molecule has 3 aliphatic rings. The summed E-state index contributed by atoms with van der Waals surface area (Å²) in [7, 11) is 0. The number of hydrogen-bond donors (Lipinski definition) is 2. The summed E-state index contributed by atoms with van der Waals surface area (Å²) in [5.74, 6) is 0.0940. The lowest BCUT2D eigenvalue weighted by atomic mass is 9.91. The van der Waals surface area contributed by atoms with E-state index in [9.17, 15) is 9.59 Å². The summed E-state index contributed by atoms with van der Waals surface area (Å²) in [6.45, 7) is 5.06. The second-order valence-corrected chi connectivity index (χ2v) is 5.99. The molecule has 2 atom stereocenters. The van der Waals surface area contributed by atoms with Gasteiger partial charge in [-0.05, 0) is 19.8 Å². The van der Waals surface area contributed by atoms with Gasteiger partial charge in [-0.3, -0.25) is 9.59 Å². The molecule has 19 heavy (non-hydrogen) atoms. The smallest absolute Gasteiger partial charge is 0.248 e. The molecular weight excluding hydrogens is 246 g/mol. The van der Waals surface area contributed by atoms with Gasteiger partial charge in [0.15, 0.2) is 0 Å². The Bertz CT molecular complexity index is 395. The maximum atomic E-state index is 12.3. The first-order valence-corrected chi connectivity index (χ1v) is 7.01. The minimum absolute atomic E-state index is 0.0133. The first kappa shape index (κ1) is 12.9. The number of hydrogen-bond acceptors (Lipinski definition) is 4. The fraction of sp³-hybridized carbons (Fsp3) is 0.846. The highest BCUT2D eigenvalue weighted by Gasteiger charge is 2.43. The molecule has 0 aromatic rings. The molecule has 2 N–H and O–H groups in total. The number of amides is 2. The summed E-state index contributed by atoms with van der Waals surface area (Å²) >= 11 is 0. The average Bonchev–Trinajstić information content (AvgIpc) is 2.76. The van der Waals surface area contributed by atoms with Gasteiger partial charge in [-0.15, -0.1) is 0 Å². The summed E-state index contributed by atoms with van der Waals surface area (Å²) in [5, 5.41) is 6.00. The first-order valence-electron chi connectivity index (χ1n) is 7.01. The molecule has 3 aliphatic heterocycles. The Morgan fingerprint density at radius 1 is 1.53 bits per heavy atom. The van der Waals surface area contributed by atoms with Crippen LogP contribution < -0.4 is 10.6 Å². The molecule has 6 nitrogen and oxygen atoms in total. The van der Waals surface area contributed by atoms with E-state index < -0.39 is 0 Å². The van der Waals surface area contributed by atoms with Crippen LogP contribution in [0.25, 0.3) is 0 Å². The van der Waals surface area contributed by atoms with E-state index in [1.165, 1.54) is 0 Å². The van der Waals surface area contributed by atoms with Crippen molar-refractivity contribution in [1.82, 2.24) is 15.5 Å². The van der Waals surface area contributed by atoms with Gasteiger partial charge in [-0.2, -0.15) is 0 Å². The van der Waals surface area contributed by atoms with E-state index >= 15 is 0 Å². The van der Waals surface area contributed by atoms with Crippen molar-refractivity contribution in [3.8, 4) is 0 Å². The number of likely N-dealkylation sites (tertiary alicyclic amines) is 1.